The Kier molecular flexibility index (Phi) is 4.73. The number of piperazine rings is 1. The molecule has 1 aromatic rings. The molecule has 1 aromatic carbocycles. The number of nitrogens with zero attached hydrogens (tertiary/aromatic N) is 1. The number of hydrogen-bond donors (Lipinski definition) is 1. The molecule has 3 rings (SSSR count). The number of halogens is 1. The first kappa shape index (κ1) is 14.9. The van der Waals surface area contributed by atoms with E-state index >= 15 is 0 Å². The van der Waals surface area contributed by atoms with E-state index in [9.17, 15) is 4.79 Å². The van der Waals surface area contributed by atoms with Crippen LogP contribution < -0.4 is 14.8 Å². The minimum atomic E-state index is 0. The molecule has 110 valence electrons. The Bertz CT molecular complexity index is 495. The number of ether oxygens (including phenoxy) is 2. The summed E-state index contributed by atoms with van der Waals surface area (Å²) < 4.78 is 10.6. The Labute approximate surface area is 124 Å². The lowest BCUT2D eigenvalue weighted by Crippen LogP contribution is -2.52. The molecule has 2 aliphatic rings. The lowest BCUT2D eigenvalue weighted by molar-refractivity contribution is -0.133. The summed E-state index contributed by atoms with van der Waals surface area (Å²) in [5, 5.41) is 3.29. The van der Waals surface area contributed by atoms with E-state index in [1.165, 1.54) is 0 Å². The smallest absolute Gasteiger partial charge is 0.231 e. The van der Waals surface area contributed by atoms with Crippen LogP contribution in [0, 0.1) is 0 Å². The molecule has 0 bridgehead atoms. The van der Waals surface area contributed by atoms with E-state index in [1.54, 1.807) is 0 Å². The first-order chi connectivity index (χ1) is 9.24. The van der Waals surface area contributed by atoms with Crippen LogP contribution in [0.4, 0.5) is 0 Å². The first-order valence-corrected chi connectivity index (χ1v) is 6.63. The second-order valence-corrected chi connectivity index (χ2v) is 5.00. The maximum absolute atomic E-state index is 12.3. The number of carbonyl (C=O) groups excluding carboxylic acids is 1. The fourth-order valence-corrected chi connectivity index (χ4v) is 2.54. The zero-order chi connectivity index (χ0) is 13.2. The van der Waals surface area contributed by atoms with Gasteiger partial charge in [0.05, 0.1) is 6.42 Å². The van der Waals surface area contributed by atoms with Crippen LogP contribution >= 0.6 is 12.4 Å². The van der Waals surface area contributed by atoms with Crippen molar-refractivity contribution < 1.29 is 14.3 Å². The molecule has 0 aromatic heterocycles. The number of carbonyl (C=O) groups is 1. The molecule has 0 aliphatic carbocycles. The molecule has 1 amide bonds. The topological polar surface area (TPSA) is 50.8 Å². The molecule has 1 saturated heterocycles. The molecule has 2 aliphatic heterocycles. The standard InChI is InChI=1S/C14H18N2O3.ClH/c1-10-8-15-4-5-16(10)14(17)7-11-2-3-12-13(6-11)19-9-18-12;/h2-3,6,10,15H,4-5,7-9H2,1H3;1H/t10-;/m0./s1. The molecule has 1 atom stereocenters. The van der Waals surface area contributed by atoms with Gasteiger partial charge in [0.15, 0.2) is 11.5 Å². The summed E-state index contributed by atoms with van der Waals surface area (Å²) in [5.74, 6) is 1.67. The Morgan fingerprint density at radius 1 is 1.40 bits per heavy atom. The molecule has 20 heavy (non-hydrogen) atoms. The monoisotopic (exact) mass is 298 g/mol. The van der Waals surface area contributed by atoms with E-state index in [4.69, 9.17) is 9.47 Å². The zero-order valence-corrected chi connectivity index (χ0v) is 12.2. The summed E-state index contributed by atoms with van der Waals surface area (Å²) in [7, 11) is 0. The van der Waals surface area contributed by atoms with Crippen LogP contribution in [0.3, 0.4) is 0 Å². The fourth-order valence-electron chi connectivity index (χ4n) is 2.54. The summed E-state index contributed by atoms with van der Waals surface area (Å²) in [6.07, 6.45) is 0.418. The molecular weight excluding hydrogens is 280 g/mol. The maximum Gasteiger partial charge on any atom is 0.231 e. The van der Waals surface area contributed by atoms with Crippen molar-refractivity contribution in [2.45, 2.75) is 19.4 Å². The molecule has 1 N–H and O–H groups in total. The van der Waals surface area contributed by atoms with Crippen LogP contribution in [0.2, 0.25) is 0 Å². The van der Waals surface area contributed by atoms with Gasteiger partial charge >= 0.3 is 0 Å². The fraction of sp³-hybridized carbons (Fsp3) is 0.500. The average molecular weight is 299 g/mol. The highest BCUT2D eigenvalue weighted by Gasteiger charge is 2.23. The molecule has 0 spiro atoms. The van der Waals surface area contributed by atoms with Gasteiger partial charge in [0, 0.05) is 25.7 Å². The quantitative estimate of drug-likeness (QED) is 0.891. The van der Waals surface area contributed by atoms with E-state index in [0.29, 0.717) is 6.42 Å². The number of hydrogen-bond acceptors (Lipinski definition) is 4. The van der Waals surface area contributed by atoms with E-state index in [1.807, 2.05) is 23.1 Å². The third-order valence-electron chi connectivity index (χ3n) is 3.61. The second kappa shape index (κ2) is 6.33. The summed E-state index contributed by atoms with van der Waals surface area (Å²) in [5.41, 5.74) is 0.972. The van der Waals surface area contributed by atoms with Crippen LogP contribution in [-0.2, 0) is 11.2 Å². The van der Waals surface area contributed by atoms with Crippen molar-refractivity contribution in [3.63, 3.8) is 0 Å². The van der Waals surface area contributed by atoms with Gasteiger partial charge in [-0.05, 0) is 24.6 Å². The Balaban J connectivity index is 0.00000147. The van der Waals surface area contributed by atoms with Crippen LogP contribution in [0.5, 0.6) is 11.5 Å². The van der Waals surface area contributed by atoms with Gasteiger partial charge in [0.1, 0.15) is 0 Å². The number of rotatable bonds is 2. The molecule has 0 saturated carbocycles. The number of fused-ring (bicyclic) bond motifs is 1. The lowest BCUT2D eigenvalue weighted by Gasteiger charge is -2.34. The molecule has 0 radical (unpaired) electrons. The highest BCUT2D eigenvalue weighted by atomic mass is 35.5. The van der Waals surface area contributed by atoms with E-state index in [-0.39, 0.29) is 31.1 Å². The van der Waals surface area contributed by atoms with Crippen molar-refractivity contribution in [2.75, 3.05) is 26.4 Å². The van der Waals surface area contributed by atoms with Gasteiger partial charge in [-0.1, -0.05) is 6.07 Å². The molecule has 5 nitrogen and oxygen atoms in total. The predicted molar refractivity (Wildman–Crippen MR) is 77.6 cm³/mol. The largest absolute Gasteiger partial charge is 0.454 e. The number of amides is 1. The van der Waals surface area contributed by atoms with Gasteiger partial charge in [0.2, 0.25) is 12.7 Å². The van der Waals surface area contributed by atoms with Gasteiger partial charge < -0.3 is 19.7 Å². The summed E-state index contributed by atoms with van der Waals surface area (Å²) in [6.45, 7) is 4.86. The van der Waals surface area contributed by atoms with Crippen LogP contribution in [0.25, 0.3) is 0 Å². The van der Waals surface area contributed by atoms with Gasteiger partial charge in [-0.15, -0.1) is 12.4 Å². The van der Waals surface area contributed by atoms with Crippen molar-refractivity contribution in [1.29, 1.82) is 0 Å². The van der Waals surface area contributed by atoms with E-state index in [2.05, 4.69) is 12.2 Å². The zero-order valence-electron chi connectivity index (χ0n) is 11.4. The minimum Gasteiger partial charge on any atom is -0.454 e. The molecule has 2 heterocycles. The maximum atomic E-state index is 12.3. The summed E-state index contributed by atoms with van der Waals surface area (Å²) >= 11 is 0. The van der Waals surface area contributed by atoms with Gasteiger partial charge in [-0.25, -0.2) is 0 Å². The third-order valence-corrected chi connectivity index (χ3v) is 3.61. The number of nitrogens with one attached hydrogen (secondary N) is 1. The normalized spacial score (nSPS) is 20.4. The Morgan fingerprint density at radius 3 is 3.00 bits per heavy atom. The average Bonchev–Trinajstić information content (AvgIpc) is 2.86. The summed E-state index contributed by atoms with van der Waals surface area (Å²) in [4.78, 5) is 14.2. The molecular formula is C14H19ClN2O3. The third kappa shape index (κ3) is 2.99. The van der Waals surface area contributed by atoms with Crippen molar-refractivity contribution in [1.82, 2.24) is 10.2 Å². The minimum absolute atomic E-state index is 0. The van der Waals surface area contributed by atoms with E-state index in [0.717, 1.165) is 36.7 Å². The Morgan fingerprint density at radius 2 is 2.20 bits per heavy atom. The highest BCUT2D eigenvalue weighted by molar-refractivity contribution is 5.85. The first-order valence-electron chi connectivity index (χ1n) is 6.63. The molecule has 6 heteroatoms. The molecule has 0 unspecified atom stereocenters. The van der Waals surface area contributed by atoms with Crippen LogP contribution in [0.1, 0.15) is 12.5 Å². The van der Waals surface area contributed by atoms with Gasteiger partial charge in [-0.3, -0.25) is 4.79 Å². The van der Waals surface area contributed by atoms with Crippen molar-refractivity contribution in [3.8, 4) is 11.5 Å². The highest BCUT2D eigenvalue weighted by Crippen LogP contribution is 2.32. The Hall–Kier alpha value is -1.46. The predicted octanol–water partition coefficient (Wildman–Crippen LogP) is 1.20. The van der Waals surface area contributed by atoms with Crippen LogP contribution in [-0.4, -0.2) is 43.3 Å². The number of benzene rings is 1. The van der Waals surface area contributed by atoms with Gasteiger partial charge in [0.25, 0.3) is 0 Å². The van der Waals surface area contributed by atoms with Crippen LogP contribution in [0.15, 0.2) is 18.2 Å². The van der Waals surface area contributed by atoms with Crippen molar-refractivity contribution in [3.05, 3.63) is 23.8 Å². The van der Waals surface area contributed by atoms with E-state index < -0.39 is 0 Å². The second-order valence-electron chi connectivity index (χ2n) is 5.00. The SMILES string of the molecule is C[C@H]1CNCCN1C(=O)Cc1ccc2c(c1)OCO2.Cl. The van der Waals surface area contributed by atoms with Crippen molar-refractivity contribution >= 4 is 18.3 Å². The van der Waals surface area contributed by atoms with Crippen molar-refractivity contribution in [2.24, 2.45) is 0 Å². The van der Waals surface area contributed by atoms with Gasteiger partial charge in [-0.2, -0.15) is 0 Å². The molecule has 1 fully saturated rings. The summed E-state index contributed by atoms with van der Waals surface area (Å²) in [6, 6.07) is 5.95. The lowest BCUT2D eigenvalue weighted by atomic mass is 10.1.